The summed E-state index contributed by atoms with van der Waals surface area (Å²) < 4.78 is 0. The summed E-state index contributed by atoms with van der Waals surface area (Å²) in [6.45, 7) is 11.5. The summed E-state index contributed by atoms with van der Waals surface area (Å²) in [5.74, 6) is 0.940. The molecule has 1 amide bonds. The largest absolute Gasteiger partial charge is 0.339 e. The first kappa shape index (κ1) is 17.4. The average molecular weight is 283 g/mol. The normalized spacial score (nSPS) is 18.6. The highest BCUT2D eigenvalue weighted by Gasteiger charge is 2.24. The van der Waals surface area contributed by atoms with Crippen molar-refractivity contribution in [1.29, 1.82) is 0 Å². The minimum absolute atomic E-state index is 0.153. The van der Waals surface area contributed by atoms with Crippen molar-refractivity contribution in [2.75, 3.05) is 32.7 Å². The first-order valence-electron chi connectivity index (χ1n) is 8.31. The standard InChI is InChI=1S/C16H33N3O/c1-4-5-8-15(17)16(20)19-12-10-18(11-13-19)9-6-7-14(2)3/h14-15H,4-13,17H2,1-3H3. The Morgan fingerprint density at radius 3 is 2.30 bits per heavy atom. The van der Waals surface area contributed by atoms with Crippen LogP contribution >= 0.6 is 0 Å². The summed E-state index contributed by atoms with van der Waals surface area (Å²) in [5.41, 5.74) is 5.98. The highest BCUT2D eigenvalue weighted by atomic mass is 16.2. The SMILES string of the molecule is CCCCC(N)C(=O)N1CCN(CCCC(C)C)CC1. The molecule has 0 aromatic heterocycles. The number of amides is 1. The smallest absolute Gasteiger partial charge is 0.239 e. The number of hydrogen-bond donors (Lipinski definition) is 1. The summed E-state index contributed by atoms with van der Waals surface area (Å²) in [6, 6.07) is -0.289. The van der Waals surface area contributed by atoms with Crippen LogP contribution in [0.25, 0.3) is 0 Å². The minimum Gasteiger partial charge on any atom is -0.339 e. The Hall–Kier alpha value is -0.610. The molecular formula is C16H33N3O. The lowest BCUT2D eigenvalue weighted by molar-refractivity contribution is -0.134. The highest BCUT2D eigenvalue weighted by Crippen LogP contribution is 2.09. The van der Waals surface area contributed by atoms with Crippen molar-refractivity contribution in [3.05, 3.63) is 0 Å². The van der Waals surface area contributed by atoms with Gasteiger partial charge in [-0.3, -0.25) is 9.69 Å². The van der Waals surface area contributed by atoms with Gasteiger partial charge in [-0.1, -0.05) is 33.6 Å². The van der Waals surface area contributed by atoms with Crippen LogP contribution in [0, 0.1) is 5.92 Å². The highest BCUT2D eigenvalue weighted by molar-refractivity contribution is 5.81. The Bertz CT molecular complexity index is 273. The molecule has 0 saturated carbocycles. The topological polar surface area (TPSA) is 49.6 Å². The molecule has 1 fully saturated rings. The maximum absolute atomic E-state index is 12.2. The first-order chi connectivity index (χ1) is 9.54. The van der Waals surface area contributed by atoms with E-state index < -0.39 is 0 Å². The summed E-state index contributed by atoms with van der Waals surface area (Å²) in [6.07, 6.45) is 5.53. The van der Waals surface area contributed by atoms with Gasteiger partial charge >= 0.3 is 0 Å². The van der Waals surface area contributed by atoms with Gasteiger partial charge < -0.3 is 10.6 Å². The van der Waals surface area contributed by atoms with Gasteiger partial charge in [0.05, 0.1) is 6.04 Å². The molecule has 1 atom stereocenters. The number of unbranched alkanes of at least 4 members (excludes halogenated alkanes) is 1. The maximum Gasteiger partial charge on any atom is 0.239 e. The molecule has 2 N–H and O–H groups in total. The van der Waals surface area contributed by atoms with Crippen LogP contribution in [0.5, 0.6) is 0 Å². The molecule has 118 valence electrons. The molecule has 0 spiro atoms. The van der Waals surface area contributed by atoms with Crippen LogP contribution in [-0.4, -0.2) is 54.5 Å². The van der Waals surface area contributed by atoms with Gasteiger partial charge in [-0.25, -0.2) is 0 Å². The second-order valence-electron chi connectivity index (χ2n) is 6.45. The summed E-state index contributed by atoms with van der Waals surface area (Å²) in [5, 5.41) is 0. The molecule has 1 saturated heterocycles. The van der Waals surface area contributed by atoms with E-state index in [2.05, 4.69) is 25.7 Å². The predicted octanol–water partition coefficient (Wildman–Crippen LogP) is 2.08. The fourth-order valence-electron chi connectivity index (χ4n) is 2.70. The molecule has 0 aromatic rings. The second-order valence-corrected chi connectivity index (χ2v) is 6.45. The van der Waals surface area contributed by atoms with E-state index in [1.165, 1.54) is 19.4 Å². The number of nitrogens with two attached hydrogens (primary N) is 1. The lowest BCUT2D eigenvalue weighted by Crippen LogP contribution is -2.53. The van der Waals surface area contributed by atoms with Gasteiger partial charge in [-0.15, -0.1) is 0 Å². The molecule has 0 bridgehead atoms. The van der Waals surface area contributed by atoms with Gasteiger partial charge in [0.2, 0.25) is 5.91 Å². The summed E-state index contributed by atoms with van der Waals surface area (Å²) in [7, 11) is 0. The molecule has 4 heteroatoms. The monoisotopic (exact) mass is 283 g/mol. The van der Waals surface area contributed by atoms with Crippen molar-refractivity contribution in [1.82, 2.24) is 9.80 Å². The van der Waals surface area contributed by atoms with E-state index in [1.54, 1.807) is 0 Å². The molecule has 20 heavy (non-hydrogen) atoms. The lowest BCUT2D eigenvalue weighted by atomic mass is 10.1. The molecule has 0 radical (unpaired) electrons. The number of nitrogens with zero attached hydrogens (tertiary/aromatic N) is 2. The maximum atomic E-state index is 12.2. The van der Waals surface area contributed by atoms with Gasteiger partial charge in [-0.05, 0) is 31.7 Å². The Morgan fingerprint density at radius 2 is 1.75 bits per heavy atom. The molecule has 0 aliphatic carbocycles. The van der Waals surface area contributed by atoms with Crippen molar-refractivity contribution < 1.29 is 4.79 Å². The van der Waals surface area contributed by atoms with Gasteiger partial charge in [-0.2, -0.15) is 0 Å². The summed E-state index contributed by atoms with van der Waals surface area (Å²) >= 11 is 0. The van der Waals surface area contributed by atoms with Crippen LogP contribution in [0.4, 0.5) is 0 Å². The zero-order valence-corrected chi connectivity index (χ0v) is 13.6. The fourth-order valence-corrected chi connectivity index (χ4v) is 2.70. The van der Waals surface area contributed by atoms with Crippen molar-refractivity contribution >= 4 is 5.91 Å². The third-order valence-electron chi connectivity index (χ3n) is 4.13. The molecule has 1 aliphatic heterocycles. The molecule has 1 rings (SSSR count). The van der Waals surface area contributed by atoms with Crippen LogP contribution in [0.1, 0.15) is 52.9 Å². The first-order valence-corrected chi connectivity index (χ1v) is 8.31. The Labute approximate surface area is 124 Å². The predicted molar refractivity (Wildman–Crippen MR) is 84.6 cm³/mol. The van der Waals surface area contributed by atoms with E-state index in [4.69, 9.17) is 5.73 Å². The molecular weight excluding hydrogens is 250 g/mol. The summed E-state index contributed by atoms with van der Waals surface area (Å²) in [4.78, 5) is 16.6. The number of hydrogen-bond acceptors (Lipinski definition) is 3. The molecule has 4 nitrogen and oxygen atoms in total. The van der Waals surface area contributed by atoms with E-state index in [1.807, 2.05) is 4.90 Å². The zero-order chi connectivity index (χ0) is 15.0. The number of rotatable bonds is 8. The van der Waals surface area contributed by atoms with Crippen molar-refractivity contribution in [3.8, 4) is 0 Å². The van der Waals surface area contributed by atoms with Crippen LogP contribution in [0.2, 0.25) is 0 Å². The van der Waals surface area contributed by atoms with Gasteiger partial charge in [0, 0.05) is 26.2 Å². The van der Waals surface area contributed by atoms with E-state index in [-0.39, 0.29) is 11.9 Å². The van der Waals surface area contributed by atoms with Gasteiger partial charge in [0.1, 0.15) is 0 Å². The number of piperazine rings is 1. The van der Waals surface area contributed by atoms with E-state index in [0.717, 1.165) is 51.4 Å². The second kappa shape index (κ2) is 9.35. The Morgan fingerprint density at radius 1 is 1.10 bits per heavy atom. The Kier molecular flexibility index (Phi) is 8.15. The van der Waals surface area contributed by atoms with Crippen molar-refractivity contribution in [2.24, 2.45) is 11.7 Å². The zero-order valence-electron chi connectivity index (χ0n) is 13.6. The van der Waals surface area contributed by atoms with Gasteiger partial charge in [0.25, 0.3) is 0 Å². The Balaban J connectivity index is 2.22. The van der Waals surface area contributed by atoms with Crippen molar-refractivity contribution in [3.63, 3.8) is 0 Å². The quantitative estimate of drug-likeness (QED) is 0.742. The number of carbonyl (C=O) groups excluding carboxylic acids is 1. The minimum atomic E-state index is -0.289. The third-order valence-corrected chi connectivity index (χ3v) is 4.13. The fraction of sp³-hybridized carbons (Fsp3) is 0.938. The van der Waals surface area contributed by atoms with Crippen LogP contribution < -0.4 is 5.73 Å². The molecule has 1 unspecified atom stereocenters. The van der Waals surface area contributed by atoms with E-state index in [0.29, 0.717) is 0 Å². The van der Waals surface area contributed by atoms with Gasteiger partial charge in [0.15, 0.2) is 0 Å². The third kappa shape index (κ3) is 6.23. The molecule has 1 aliphatic rings. The van der Waals surface area contributed by atoms with Crippen molar-refractivity contribution in [2.45, 2.75) is 58.9 Å². The molecule has 1 heterocycles. The molecule has 0 aromatic carbocycles. The lowest BCUT2D eigenvalue weighted by Gasteiger charge is -2.36. The van der Waals surface area contributed by atoms with Crippen LogP contribution in [-0.2, 0) is 4.79 Å². The number of carbonyl (C=O) groups is 1. The van der Waals surface area contributed by atoms with Crippen LogP contribution in [0.3, 0.4) is 0 Å². The average Bonchev–Trinajstić information content (AvgIpc) is 2.44. The van der Waals surface area contributed by atoms with E-state index in [9.17, 15) is 4.79 Å². The van der Waals surface area contributed by atoms with Crippen LogP contribution in [0.15, 0.2) is 0 Å². The van der Waals surface area contributed by atoms with E-state index >= 15 is 0 Å².